The molecule has 1 heterocycles. The zero-order valence-electron chi connectivity index (χ0n) is 10.5. The number of imidazole rings is 1. The van der Waals surface area contributed by atoms with Crippen LogP contribution in [0.25, 0.3) is 11.0 Å². The Hall–Kier alpha value is -2.06. The van der Waals surface area contributed by atoms with Gasteiger partial charge in [-0.3, -0.25) is 4.90 Å². The molecule has 2 N–H and O–H groups in total. The van der Waals surface area contributed by atoms with Crippen molar-refractivity contribution in [2.75, 3.05) is 13.6 Å². The predicted molar refractivity (Wildman–Crippen MR) is 70.3 cm³/mol. The molecule has 0 radical (unpaired) electrons. The van der Waals surface area contributed by atoms with E-state index in [-0.39, 0.29) is 11.7 Å². The largest absolute Gasteiger partial charge is 0.323 e. The first-order valence-corrected chi connectivity index (χ1v) is 5.91. The fourth-order valence-corrected chi connectivity index (χ4v) is 1.83. The van der Waals surface area contributed by atoms with E-state index >= 15 is 0 Å². The number of nitriles is 1. The summed E-state index contributed by atoms with van der Waals surface area (Å²) < 4.78 is 0. The van der Waals surface area contributed by atoms with Crippen molar-refractivity contribution in [3.63, 3.8) is 0 Å². The van der Waals surface area contributed by atoms with Gasteiger partial charge in [0, 0.05) is 6.54 Å². The normalized spacial score (nSPS) is 12.8. The van der Waals surface area contributed by atoms with Crippen LogP contribution in [0.4, 0.5) is 0 Å². The van der Waals surface area contributed by atoms with Crippen LogP contribution in [0.3, 0.4) is 0 Å². The Kier molecular flexibility index (Phi) is 3.49. The highest BCUT2D eigenvalue weighted by Crippen LogP contribution is 2.11. The van der Waals surface area contributed by atoms with Crippen molar-refractivity contribution in [2.45, 2.75) is 19.4 Å². The van der Waals surface area contributed by atoms with Crippen LogP contribution in [-0.2, 0) is 6.42 Å². The lowest BCUT2D eigenvalue weighted by atomic mass is 10.1. The number of rotatable bonds is 4. The molecule has 0 aliphatic carbocycles. The van der Waals surface area contributed by atoms with E-state index in [2.05, 4.69) is 16.0 Å². The zero-order chi connectivity index (χ0) is 13.1. The van der Waals surface area contributed by atoms with Crippen molar-refractivity contribution in [1.29, 1.82) is 5.26 Å². The fraction of sp³-hybridized carbons (Fsp3) is 0.385. The molecule has 1 aromatic heterocycles. The Morgan fingerprint density at radius 3 is 2.83 bits per heavy atom. The number of nitrogens with zero attached hydrogens (tertiary/aromatic N) is 2. The highest BCUT2D eigenvalue weighted by Gasteiger charge is 2.07. The van der Waals surface area contributed by atoms with Gasteiger partial charge >= 0.3 is 5.69 Å². The molecule has 0 aliphatic heterocycles. The van der Waals surface area contributed by atoms with Gasteiger partial charge in [-0.05, 0) is 38.1 Å². The Labute approximate surface area is 105 Å². The first kappa shape index (κ1) is 12.4. The van der Waals surface area contributed by atoms with Crippen molar-refractivity contribution < 1.29 is 0 Å². The zero-order valence-corrected chi connectivity index (χ0v) is 10.5. The average molecular weight is 244 g/mol. The summed E-state index contributed by atoms with van der Waals surface area (Å²) in [5.41, 5.74) is 2.61. The third kappa shape index (κ3) is 2.60. The van der Waals surface area contributed by atoms with Crippen molar-refractivity contribution in [2.24, 2.45) is 0 Å². The van der Waals surface area contributed by atoms with Crippen LogP contribution >= 0.6 is 0 Å². The average Bonchev–Trinajstić information content (AvgIpc) is 2.74. The van der Waals surface area contributed by atoms with Gasteiger partial charge in [-0.1, -0.05) is 6.07 Å². The Bertz CT molecular complexity index is 634. The molecule has 1 unspecified atom stereocenters. The Balaban J connectivity index is 2.08. The van der Waals surface area contributed by atoms with Crippen LogP contribution in [0.15, 0.2) is 23.0 Å². The number of nitrogens with one attached hydrogen (secondary N) is 2. The second-order valence-corrected chi connectivity index (χ2v) is 4.49. The SMILES string of the molecule is CC(C#N)N(C)CCc1ccc2[nH]c(=O)[nH]c2c1. The maximum atomic E-state index is 11.1. The summed E-state index contributed by atoms with van der Waals surface area (Å²) in [4.78, 5) is 18.6. The van der Waals surface area contributed by atoms with E-state index < -0.39 is 0 Å². The number of fused-ring (bicyclic) bond motifs is 1. The summed E-state index contributed by atoms with van der Waals surface area (Å²) in [5, 5.41) is 8.81. The number of hydrogen-bond donors (Lipinski definition) is 2. The topological polar surface area (TPSA) is 75.7 Å². The number of aromatic amines is 2. The molecule has 0 saturated carbocycles. The van der Waals surface area contributed by atoms with Crippen molar-refractivity contribution >= 4 is 11.0 Å². The molecular formula is C13H16N4O. The Morgan fingerprint density at radius 2 is 2.11 bits per heavy atom. The summed E-state index contributed by atoms with van der Waals surface area (Å²) in [5.74, 6) is 0. The van der Waals surface area contributed by atoms with Gasteiger partial charge in [-0.25, -0.2) is 4.79 Å². The lowest BCUT2D eigenvalue weighted by molar-refractivity contribution is 0.306. The van der Waals surface area contributed by atoms with Gasteiger partial charge in [0.25, 0.3) is 0 Å². The quantitative estimate of drug-likeness (QED) is 0.849. The lowest BCUT2D eigenvalue weighted by Crippen LogP contribution is -2.29. The van der Waals surface area contributed by atoms with Gasteiger partial charge in [-0.15, -0.1) is 0 Å². The van der Waals surface area contributed by atoms with E-state index in [1.807, 2.05) is 37.1 Å². The van der Waals surface area contributed by atoms with Gasteiger partial charge in [0.1, 0.15) is 0 Å². The van der Waals surface area contributed by atoms with E-state index in [0.717, 1.165) is 29.6 Å². The third-order valence-electron chi connectivity index (χ3n) is 3.18. The van der Waals surface area contributed by atoms with Gasteiger partial charge in [0.2, 0.25) is 0 Å². The predicted octanol–water partition coefficient (Wildman–Crippen LogP) is 1.24. The van der Waals surface area contributed by atoms with Crippen molar-refractivity contribution in [3.05, 3.63) is 34.2 Å². The number of H-pyrrole nitrogens is 2. The number of benzene rings is 1. The van der Waals surface area contributed by atoms with E-state index in [4.69, 9.17) is 5.26 Å². The van der Waals surface area contributed by atoms with Crippen LogP contribution in [0.2, 0.25) is 0 Å². The summed E-state index contributed by atoms with van der Waals surface area (Å²) in [7, 11) is 1.94. The van der Waals surface area contributed by atoms with Crippen molar-refractivity contribution in [1.82, 2.24) is 14.9 Å². The van der Waals surface area contributed by atoms with E-state index in [9.17, 15) is 4.79 Å². The number of likely N-dealkylation sites (N-methyl/N-ethyl adjacent to an activating group) is 1. The fourth-order valence-electron chi connectivity index (χ4n) is 1.83. The summed E-state index contributed by atoms with van der Waals surface area (Å²) in [6.07, 6.45) is 0.853. The molecule has 0 saturated heterocycles. The van der Waals surface area contributed by atoms with Crippen LogP contribution in [0.5, 0.6) is 0 Å². The van der Waals surface area contributed by atoms with Gasteiger partial charge in [0.15, 0.2) is 0 Å². The van der Waals surface area contributed by atoms with E-state index in [1.165, 1.54) is 0 Å². The maximum Gasteiger partial charge on any atom is 0.323 e. The second-order valence-electron chi connectivity index (χ2n) is 4.49. The molecular weight excluding hydrogens is 228 g/mol. The minimum absolute atomic E-state index is 0.0826. The van der Waals surface area contributed by atoms with E-state index in [1.54, 1.807) is 0 Å². The minimum Gasteiger partial charge on any atom is -0.306 e. The molecule has 0 amide bonds. The van der Waals surface area contributed by atoms with Crippen LogP contribution < -0.4 is 5.69 Å². The molecule has 2 rings (SSSR count). The third-order valence-corrected chi connectivity index (χ3v) is 3.18. The van der Waals surface area contributed by atoms with Crippen LogP contribution in [-0.4, -0.2) is 34.5 Å². The molecule has 5 nitrogen and oxygen atoms in total. The number of aromatic nitrogens is 2. The van der Waals surface area contributed by atoms with Gasteiger partial charge in [-0.2, -0.15) is 5.26 Å². The lowest BCUT2D eigenvalue weighted by Gasteiger charge is -2.18. The second kappa shape index (κ2) is 5.07. The van der Waals surface area contributed by atoms with Crippen LogP contribution in [0.1, 0.15) is 12.5 Å². The minimum atomic E-state index is -0.183. The molecule has 5 heteroatoms. The molecule has 1 atom stereocenters. The highest BCUT2D eigenvalue weighted by molar-refractivity contribution is 5.74. The molecule has 2 aromatic rings. The van der Waals surface area contributed by atoms with E-state index in [0.29, 0.717) is 0 Å². The molecule has 94 valence electrons. The maximum absolute atomic E-state index is 11.1. The molecule has 0 bridgehead atoms. The molecule has 0 spiro atoms. The summed E-state index contributed by atoms with van der Waals surface area (Å²) >= 11 is 0. The monoisotopic (exact) mass is 244 g/mol. The first-order chi connectivity index (χ1) is 8.60. The first-order valence-electron chi connectivity index (χ1n) is 5.91. The molecule has 18 heavy (non-hydrogen) atoms. The molecule has 1 aromatic carbocycles. The number of hydrogen-bond acceptors (Lipinski definition) is 3. The van der Waals surface area contributed by atoms with Crippen LogP contribution in [0, 0.1) is 11.3 Å². The molecule has 0 aliphatic rings. The van der Waals surface area contributed by atoms with Gasteiger partial charge in [0.05, 0.1) is 23.1 Å². The van der Waals surface area contributed by atoms with Crippen molar-refractivity contribution in [3.8, 4) is 6.07 Å². The smallest absolute Gasteiger partial charge is 0.306 e. The Morgan fingerprint density at radius 1 is 1.39 bits per heavy atom. The van der Waals surface area contributed by atoms with Gasteiger partial charge < -0.3 is 9.97 Å². The summed E-state index contributed by atoms with van der Waals surface area (Å²) in [6, 6.07) is 7.99. The standard InChI is InChI=1S/C13H16N4O/c1-9(8-14)17(2)6-5-10-3-4-11-12(7-10)16-13(18)15-11/h3-4,7,9H,5-6H2,1-2H3,(H2,15,16,18). The highest BCUT2D eigenvalue weighted by atomic mass is 16.1. The summed E-state index contributed by atoms with van der Waals surface area (Å²) in [6.45, 7) is 2.70. The molecule has 0 fully saturated rings.